The number of thiocarbonyl (C=S) groups is 1. The Bertz CT molecular complexity index is 1020. The summed E-state index contributed by atoms with van der Waals surface area (Å²) in [7, 11) is 1.96. The van der Waals surface area contributed by atoms with Crippen LogP contribution in [0.25, 0.3) is 0 Å². The molecule has 0 fully saturated rings. The number of nitrogens with one attached hydrogen (secondary N) is 2. The summed E-state index contributed by atoms with van der Waals surface area (Å²) >= 11 is 5.27. The van der Waals surface area contributed by atoms with Crippen LogP contribution in [-0.2, 0) is 13.5 Å². The Morgan fingerprint density at radius 1 is 1.11 bits per heavy atom. The molecule has 0 unspecified atom stereocenters. The summed E-state index contributed by atoms with van der Waals surface area (Å²) in [6.45, 7) is 6.07. The minimum absolute atomic E-state index is 0.222. The predicted molar refractivity (Wildman–Crippen MR) is 117 cm³/mol. The van der Waals surface area contributed by atoms with Gasteiger partial charge in [-0.15, -0.1) is 0 Å². The third-order valence-electron chi connectivity index (χ3n) is 4.76. The Kier molecular flexibility index (Phi) is 5.90. The number of benzene rings is 2. The Morgan fingerprint density at radius 2 is 1.82 bits per heavy atom. The van der Waals surface area contributed by atoms with Gasteiger partial charge >= 0.3 is 0 Å². The molecule has 1 amide bonds. The number of carbonyl (C=O) groups excluding carboxylic acids is 1. The van der Waals surface area contributed by atoms with Gasteiger partial charge in [-0.25, -0.2) is 0 Å². The molecule has 0 radical (unpaired) electrons. The van der Waals surface area contributed by atoms with Crippen molar-refractivity contribution in [1.82, 2.24) is 15.1 Å². The third-order valence-corrected chi connectivity index (χ3v) is 4.96. The highest BCUT2D eigenvalue weighted by atomic mass is 32.1. The molecule has 0 spiro atoms. The van der Waals surface area contributed by atoms with Crippen LogP contribution in [-0.4, -0.2) is 20.8 Å². The highest BCUT2D eigenvalue weighted by Gasteiger charge is 2.11. The van der Waals surface area contributed by atoms with Crippen molar-refractivity contribution in [2.45, 2.75) is 27.2 Å². The number of amides is 1. The molecule has 3 rings (SSSR count). The van der Waals surface area contributed by atoms with Gasteiger partial charge in [-0.3, -0.25) is 14.8 Å². The maximum absolute atomic E-state index is 12.3. The van der Waals surface area contributed by atoms with E-state index in [1.807, 2.05) is 55.9 Å². The predicted octanol–water partition coefficient (Wildman–Crippen LogP) is 4.06. The van der Waals surface area contributed by atoms with Crippen molar-refractivity contribution in [3.8, 4) is 0 Å². The molecule has 0 aliphatic rings. The third kappa shape index (κ3) is 4.64. The van der Waals surface area contributed by atoms with Gasteiger partial charge in [0, 0.05) is 36.0 Å². The second kappa shape index (κ2) is 8.35. The summed E-state index contributed by atoms with van der Waals surface area (Å²) in [5.74, 6) is -0.222. The molecule has 6 heteroatoms. The molecule has 28 heavy (non-hydrogen) atoms. The molecule has 2 aromatic carbocycles. The monoisotopic (exact) mass is 392 g/mol. The maximum Gasteiger partial charge on any atom is 0.257 e. The van der Waals surface area contributed by atoms with Crippen LogP contribution in [0, 0.1) is 20.8 Å². The summed E-state index contributed by atoms with van der Waals surface area (Å²) in [5.41, 5.74) is 7.13. The summed E-state index contributed by atoms with van der Waals surface area (Å²) < 4.78 is 1.91. The fraction of sp³-hybridized carbons (Fsp3) is 0.227. The van der Waals surface area contributed by atoms with E-state index in [-0.39, 0.29) is 11.0 Å². The molecule has 3 aromatic rings. The van der Waals surface area contributed by atoms with Gasteiger partial charge in [0.15, 0.2) is 5.11 Å². The largest absolute Gasteiger partial charge is 0.332 e. The molecule has 5 nitrogen and oxygen atoms in total. The minimum atomic E-state index is -0.222. The van der Waals surface area contributed by atoms with Crippen LogP contribution >= 0.6 is 12.2 Å². The molecular weight excluding hydrogens is 368 g/mol. The van der Waals surface area contributed by atoms with Gasteiger partial charge in [0.1, 0.15) is 0 Å². The summed E-state index contributed by atoms with van der Waals surface area (Å²) in [4.78, 5) is 12.3. The smallest absolute Gasteiger partial charge is 0.257 e. The molecule has 0 atom stereocenters. The molecule has 0 saturated carbocycles. The van der Waals surface area contributed by atoms with E-state index in [9.17, 15) is 4.79 Å². The van der Waals surface area contributed by atoms with Gasteiger partial charge in [-0.05, 0) is 62.8 Å². The number of aryl methyl sites for hydroxylation is 3. The molecule has 0 saturated heterocycles. The van der Waals surface area contributed by atoms with E-state index < -0.39 is 0 Å². The summed E-state index contributed by atoms with van der Waals surface area (Å²) in [6.07, 6.45) is 0.834. The van der Waals surface area contributed by atoms with Crippen molar-refractivity contribution in [1.29, 1.82) is 0 Å². The fourth-order valence-corrected chi connectivity index (χ4v) is 3.32. The number of hydrogen-bond donors (Lipinski definition) is 2. The number of anilines is 1. The van der Waals surface area contributed by atoms with E-state index in [2.05, 4.69) is 34.8 Å². The molecule has 0 aliphatic carbocycles. The molecule has 1 heterocycles. The Balaban J connectivity index is 1.60. The second-order valence-electron chi connectivity index (χ2n) is 6.92. The van der Waals surface area contributed by atoms with Gasteiger partial charge in [-0.1, -0.05) is 29.8 Å². The van der Waals surface area contributed by atoms with Crippen LogP contribution in [0.1, 0.15) is 38.4 Å². The van der Waals surface area contributed by atoms with Gasteiger partial charge in [-0.2, -0.15) is 5.10 Å². The zero-order chi connectivity index (χ0) is 20.3. The first-order valence-corrected chi connectivity index (χ1v) is 9.51. The second-order valence-corrected chi connectivity index (χ2v) is 7.33. The highest BCUT2D eigenvalue weighted by Crippen LogP contribution is 2.18. The Labute approximate surface area is 170 Å². The Morgan fingerprint density at radius 3 is 2.43 bits per heavy atom. The molecule has 2 N–H and O–H groups in total. The number of aromatic nitrogens is 2. The average Bonchev–Trinajstić information content (AvgIpc) is 2.89. The lowest BCUT2D eigenvalue weighted by Crippen LogP contribution is -2.34. The first kappa shape index (κ1) is 19.8. The standard InChI is InChI=1S/C22H24N4OS/c1-14-6-5-7-18(12-14)21(27)24-22(28)23-19-10-8-17(9-11-19)13-20-15(2)25-26(4)16(20)3/h5-12H,13H2,1-4H3,(H2,23,24,27,28). The highest BCUT2D eigenvalue weighted by molar-refractivity contribution is 7.80. The van der Waals surface area contributed by atoms with Gasteiger partial charge in [0.2, 0.25) is 0 Å². The van der Waals surface area contributed by atoms with E-state index in [4.69, 9.17) is 12.2 Å². The molecule has 1 aromatic heterocycles. The first-order valence-electron chi connectivity index (χ1n) is 9.10. The fourth-order valence-electron chi connectivity index (χ4n) is 3.11. The van der Waals surface area contributed by atoms with Crippen LogP contribution in [0.2, 0.25) is 0 Å². The van der Waals surface area contributed by atoms with Crippen LogP contribution in [0.5, 0.6) is 0 Å². The van der Waals surface area contributed by atoms with E-state index in [1.165, 1.54) is 16.8 Å². The van der Waals surface area contributed by atoms with Crippen molar-refractivity contribution in [3.05, 3.63) is 82.2 Å². The van der Waals surface area contributed by atoms with Crippen LogP contribution in [0.15, 0.2) is 48.5 Å². The zero-order valence-corrected chi connectivity index (χ0v) is 17.4. The van der Waals surface area contributed by atoms with Gasteiger partial charge in [0.05, 0.1) is 5.69 Å². The summed E-state index contributed by atoms with van der Waals surface area (Å²) in [5, 5.41) is 10.5. The Hall–Kier alpha value is -2.99. The van der Waals surface area contributed by atoms with Crippen molar-refractivity contribution >= 4 is 28.9 Å². The number of nitrogens with zero attached hydrogens (tertiary/aromatic N) is 2. The van der Waals surface area contributed by atoms with Gasteiger partial charge in [0.25, 0.3) is 5.91 Å². The van der Waals surface area contributed by atoms with E-state index in [0.717, 1.165) is 23.4 Å². The number of hydrogen-bond acceptors (Lipinski definition) is 3. The minimum Gasteiger partial charge on any atom is -0.332 e. The van der Waals surface area contributed by atoms with Crippen molar-refractivity contribution in [2.75, 3.05) is 5.32 Å². The van der Waals surface area contributed by atoms with Crippen molar-refractivity contribution < 1.29 is 4.79 Å². The molecule has 144 valence electrons. The normalized spacial score (nSPS) is 10.6. The first-order chi connectivity index (χ1) is 13.3. The van der Waals surface area contributed by atoms with Crippen molar-refractivity contribution in [3.63, 3.8) is 0 Å². The van der Waals surface area contributed by atoms with Crippen LogP contribution < -0.4 is 10.6 Å². The maximum atomic E-state index is 12.3. The van der Waals surface area contributed by atoms with E-state index in [0.29, 0.717) is 5.56 Å². The lowest BCUT2D eigenvalue weighted by Gasteiger charge is -2.11. The topological polar surface area (TPSA) is 59.0 Å². The quantitative estimate of drug-likeness (QED) is 0.658. The zero-order valence-electron chi connectivity index (χ0n) is 16.5. The summed E-state index contributed by atoms with van der Waals surface area (Å²) in [6, 6.07) is 15.4. The molecular formula is C22H24N4OS. The number of carbonyl (C=O) groups is 1. The van der Waals surface area contributed by atoms with Crippen LogP contribution in [0.3, 0.4) is 0 Å². The van der Waals surface area contributed by atoms with E-state index >= 15 is 0 Å². The van der Waals surface area contributed by atoms with Crippen molar-refractivity contribution in [2.24, 2.45) is 7.05 Å². The van der Waals surface area contributed by atoms with Gasteiger partial charge < -0.3 is 5.32 Å². The average molecular weight is 393 g/mol. The lowest BCUT2D eigenvalue weighted by atomic mass is 10.0. The SMILES string of the molecule is Cc1cccc(C(=O)NC(=S)Nc2ccc(Cc3c(C)nn(C)c3C)cc2)c1. The molecule has 0 bridgehead atoms. The lowest BCUT2D eigenvalue weighted by molar-refractivity contribution is 0.0977. The van der Waals surface area contributed by atoms with E-state index in [1.54, 1.807) is 6.07 Å². The molecule has 0 aliphatic heterocycles. The van der Waals surface area contributed by atoms with Crippen LogP contribution in [0.4, 0.5) is 5.69 Å². The number of rotatable bonds is 4.